The van der Waals surface area contributed by atoms with Crippen LogP contribution in [0.2, 0.25) is 0 Å². The monoisotopic (exact) mass is 1010 g/mol. The Morgan fingerprint density at radius 1 is 0.333 bits per heavy atom. The molecule has 0 atom stereocenters. The second-order valence-electron chi connectivity index (χ2n) is 22.6. The van der Waals surface area contributed by atoms with Crippen molar-refractivity contribution in [2.45, 2.75) is 52.4 Å². The van der Waals surface area contributed by atoms with E-state index in [0.29, 0.717) is 22.7 Å². The summed E-state index contributed by atoms with van der Waals surface area (Å²) < 4.78 is 96.5. The Kier molecular flexibility index (Phi) is 8.00. The molecule has 0 amide bonds. The van der Waals surface area contributed by atoms with Crippen LogP contribution in [0.3, 0.4) is 0 Å². The third-order valence-corrected chi connectivity index (χ3v) is 16.0. The number of hydrogen-bond donors (Lipinski definition) is 0. The number of fused-ring (bicyclic) bond motifs is 12. The van der Waals surface area contributed by atoms with Gasteiger partial charge in [0.1, 0.15) is 0 Å². The van der Waals surface area contributed by atoms with Crippen LogP contribution in [0.4, 0.5) is 34.1 Å². The minimum atomic E-state index is -0.469. The Bertz CT molecular complexity index is 5060. The summed E-state index contributed by atoms with van der Waals surface area (Å²) >= 11 is 0. The van der Waals surface area contributed by atoms with Crippen LogP contribution in [0.15, 0.2) is 242 Å². The van der Waals surface area contributed by atoms with E-state index in [1.807, 2.05) is 107 Å². The molecule has 0 bridgehead atoms. The summed E-state index contributed by atoms with van der Waals surface area (Å²) in [4.78, 5) is 3.76. The molecule has 0 aliphatic heterocycles. The van der Waals surface area contributed by atoms with Gasteiger partial charge in [0, 0.05) is 65.6 Å². The molecule has 4 nitrogen and oxygen atoms in total. The summed E-state index contributed by atoms with van der Waals surface area (Å²) in [5.74, 6) is 0. The van der Waals surface area contributed by atoms with Gasteiger partial charge in [-0.2, -0.15) is 0 Å². The van der Waals surface area contributed by atoms with Crippen molar-refractivity contribution < 1.29 is 13.7 Å². The van der Waals surface area contributed by atoms with Crippen molar-refractivity contribution in [3.8, 4) is 22.3 Å². The first kappa shape index (κ1) is 36.6. The van der Waals surface area contributed by atoms with Gasteiger partial charge in [-0.05, 0) is 106 Å². The fraction of sp³-hybridized carbons (Fsp3) is 0.108. The molecule has 0 fully saturated rings. The molecule has 15 rings (SSSR count). The van der Waals surface area contributed by atoms with Crippen molar-refractivity contribution >= 4 is 110 Å². The van der Waals surface area contributed by atoms with Gasteiger partial charge in [0.2, 0.25) is 0 Å². The molecular formula is C74H58N4. The lowest BCUT2D eigenvalue weighted by Gasteiger charge is -2.29. The SMILES string of the molecule is [2H]c1c([2H])c([2H])c(N(c2ccccc2-c2cccc(C(C)(C)C)c2)c2ccc3c4cc5c(cc4n4c6ccccc6c2c34)c2ccc(N(c3ccccc3-c3cccc(C(C)(C)C)c3)c3c([2H])c([2H])c([2H])c([2H])c3[2H])c3c4ccccc4n5c23)c([2H])c1[2H]. The Morgan fingerprint density at radius 2 is 0.731 bits per heavy atom. The van der Waals surface area contributed by atoms with Gasteiger partial charge in [-0.25, -0.2) is 0 Å². The first-order chi connectivity index (χ1) is 42.1. The molecule has 78 heavy (non-hydrogen) atoms. The zero-order chi connectivity index (χ0) is 61.3. The predicted octanol–water partition coefficient (Wildman–Crippen LogP) is 20.9. The fourth-order valence-corrected chi connectivity index (χ4v) is 12.4. The molecule has 0 unspecified atom stereocenters. The number of nitrogens with zero attached hydrogens (tertiary/aromatic N) is 4. The predicted molar refractivity (Wildman–Crippen MR) is 333 cm³/mol. The Labute approximate surface area is 469 Å². The first-order valence-corrected chi connectivity index (χ1v) is 26.6. The van der Waals surface area contributed by atoms with E-state index < -0.39 is 36.3 Å². The molecule has 374 valence electrons. The average molecular weight is 1010 g/mol. The lowest BCUT2D eigenvalue weighted by atomic mass is 9.85. The molecule has 11 aromatic carbocycles. The second-order valence-corrected chi connectivity index (χ2v) is 22.6. The molecule has 4 heteroatoms. The largest absolute Gasteiger partial charge is 0.309 e. The van der Waals surface area contributed by atoms with Gasteiger partial charge in [0.25, 0.3) is 0 Å². The molecule has 0 radical (unpaired) electrons. The average Bonchev–Trinajstić information content (AvgIpc) is 1.54. The Balaban J connectivity index is 1.02. The first-order valence-electron chi connectivity index (χ1n) is 31.6. The van der Waals surface area contributed by atoms with Crippen molar-refractivity contribution in [2.24, 2.45) is 0 Å². The summed E-state index contributed by atoms with van der Waals surface area (Å²) in [5, 5.41) is 7.44. The lowest BCUT2D eigenvalue weighted by Crippen LogP contribution is -2.12. The summed E-state index contributed by atoms with van der Waals surface area (Å²) in [7, 11) is 0. The summed E-state index contributed by atoms with van der Waals surface area (Å²) in [5.41, 5.74) is 13.7. The number of para-hydroxylation sites is 6. The van der Waals surface area contributed by atoms with Crippen molar-refractivity contribution in [1.82, 2.24) is 8.80 Å². The molecule has 15 aromatic rings. The van der Waals surface area contributed by atoms with E-state index in [0.717, 1.165) is 110 Å². The number of rotatable bonds is 8. The standard InChI is InChI=1S/C74H58N4/c1-73(2,3)49-25-21-23-47(43-49)53-31-13-17-35-61(53)75(51-27-9-7-10-28-51)65-41-39-55-59-45-68-60(46-67(59)77-63-37-19-15-33-57(63)69(65)71(55)77)56-40-42-66(70-58-34-16-20-38-64(58)78(68)72(56)70)76(52-29-11-8-12-30-52)62-36-18-14-32-54(62)48-24-22-26-50(44-48)74(4,5)6/h7-46H,1-6H3/i7D,8D,9D,10D,11D,12D,27D,28D,29D,30D. The zero-order valence-corrected chi connectivity index (χ0v) is 44.1. The van der Waals surface area contributed by atoms with Crippen LogP contribution in [0.1, 0.15) is 66.4 Å². The van der Waals surface area contributed by atoms with Crippen LogP contribution >= 0.6 is 0 Å². The van der Waals surface area contributed by atoms with Gasteiger partial charge in [-0.1, -0.05) is 211 Å². The van der Waals surface area contributed by atoms with E-state index in [4.69, 9.17) is 8.22 Å². The fourth-order valence-electron chi connectivity index (χ4n) is 12.4. The molecule has 4 heterocycles. The number of hydrogen-bond acceptors (Lipinski definition) is 2. The minimum absolute atomic E-state index is 0.0369. The highest BCUT2D eigenvalue weighted by Gasteiger charge is 2.30. The van der Waals surface area contributed by atoms with E-state index in [9.17, 15) is 5.48 Å². The number of anilines is 6. The Morgan fingerprint density at radius 3 is 1.15 bits per heavy atom. The van der Waals surface area contributed by atoms with Crippen molar-refractivity contribution in [1.29, 1.82) is 0 Å². The van der Waals surface area contributed by atoms with Gasteiger partial charge in [0.15, 0.2) is 0 Å². The van der Waals surface area contributed by atoms with Crippen LogP contribution in [-0.2, 0) is 10.8 Å². The summed E-state index contributed by atoms with van der Waals surface area (Å²) in [6.45, 7) is 13.1. The maximum absolute atomic E-state index is 9.59. The lowest BCUT2D eigenvalue weighted by molar-refractivity contribution is 0.590. The van der Waals surface area contributed by atoms with Crippen molar-refractivity contribution in [3.05, 3.63) is 254 Å². The molecule has 0 N–H and O–H groups in total. The van der Waals surface area contributed by atoms with Crippen LogP contribution in [0.25, 0.3) is 98.4 Å². The van der Waals surface area contributed by atoms with Crippen LogP contribution < -0.4 is 9.80 Å². The topological polar surface area (TPSA) is 15.3 Å². The van der Waals surface area contributed by atoms with E-state index >= 15 is 0 Å². The van der Waals surface area contributed by atoms with Crippen molar-refractivity contribution in [2.75, 3.05) is 9.80 Å². The quantitative estimate of drug-likeness (QED) is 0.151. The maximum atomic E-state index is 9.59. The third-order valence-electron chi connectivity index (χ3n) is 16.0. The van der Waals surface area contributed by atoms with Crippen LogP contribution in [0, 0.1) is 0 Å². The van der Waals surface area contributed by atoms with Gasteiger partial charge in [-0.15, -0.1) is 0 Å². The Hall–Kier alpha value is -9.38. The second kappa shape index (κ2) is 17.1. The van der Waals surface area contributed by atoms with E-state index in [1.165, 1.54) is 0 Å². The highest BCUT2D eigenvalue weighted by Crippen LogP contribution is 2.53. The summed E-state index contributed by atoms with van der Waals surface area (Å²) in [6.07, 6.45) is 0. The highest BCUT2D eigenvalue weighted by molar-refractivity contribution is 6.32. The van der Waals surface area contributed by atoms with Crippen LogP contribution in [-0.4, -0.2) is 8.80 Å². The number of benzene rings is 11. The minimum Gasteiger partial charge on any atom is -0.309 e. The smallest absolute Gasteiger partial charge is 0.0645 e. The van der Waals surface area contributed by atoms with Gasteiger partial charge >= 0.3 is 0 Å². The maximum Gasteiger partial charge on any atom is 0.0645 e. The van der Waals surface area contributed by atoms with Gasteiger partial charge in [0.05, 0.1) is 69.6 Å². The van der Waals surface area contributed by atoms with Crippen LogP contribution in [0.5, 0.6) is 0 Å². The summed E-state index contributed by atoms with van der Waals surface area (Å²) in [6, 6.07) is 58.0. The molecule has 0 saturated carbocycles. The zero-order valence-electron chi connectivity index (χ0n) is 54.1. The third kappa shape index (κ3) is 6.85. The van der Waals surface area contributed by atoms with Gasteiger partial charge < -0.3 is 18.6 Å². The van der Waals surface area contributed by atoms with E-state index in [2.05, 4.69) is 135 Å². The van der Waals surface area contributed by atoms with E-state index in [-0.39, 0.29) is 46.4 Å². The normalized spacial score (nSPS) is 14.3. The molecule has 0 saturated heterocycles. The molecule has 4 aromatic heterocycles. The molecular weight excluding hydrogens is 945 g/mol. The van der Waals surface area contributed by atoms with Crippen molar-refractivity contribution in [3.63, 3.8) is 0 Å². The molecule has 0 spiro atoms. The molecule has 0 aliphatic rings. The molecule has 0 aliphatic carbocycles. The highest BCUT2D eigenvalue weighted by atomic mass is 15.2. The van der Waals surface area contributed by atoms with Gasteiger partial charge in [-0.3, -0.25) is 0 Å². The number of aromatic nitrogens is 2. The van der Waals surface area contributed by atoms with E-state index in [1.54, 1.807) is 0 Å².